The van der Waals surface area contributed by atoms with E-state index in [-0.39, 0.29) is 32.1 Å². The Morgan fingerprint density at radius 2 is 0.812 bits per heavy atom. The van der Waals surface area contributed by atoms with Gasteiger partial charge in [-0.2, -0.15) is 89.0 Å². The first kappa shape index (κ1) is 38.5. The smallest absolute Gasteiger partial charge is 0.457 e. The highest BCUT2D eigenvalue weighted by Gasteiger charge is 2.83. The van der Waals surface area contributed by atoms with E-state index in [1.54, 1.807) is 0 Å². The van der Waals surface area contributed by atoms with Gasteiger partial charge in [0.1, 0.15) is 0 Å². The molecule has 2 aromatic heterocycles. The van der Waals surface area contributed by atoms with Gasteiger partial charge in [0.15, 0.2) is 13.2 Å². The lowest BCUT2D eigenvalue weighted by atomic mass is 10.0. The number of halogens is 18. The fourth-order valence-electron chi connectivity index (χ4n) is 3.47. The molecule has 2 aromatic rings. The Kier molecular flexibility index (Phi) is 10.0. The largest absolute Gasteiger partial charge is 0.460 e. The summed E-state index contributed by atoms with van der Waals surface area (Å²) >= 11 is 0. The lowest BCUT2D eigenvalue weighted by Gasteiger charge is -2.35. The molecule has 0 aliphatic carbocycles. The summed E-state index contributed by atoms with van der Waals surface area (Å²) < 4.78 is 246. The van der Waals surface area contributed by atoms with Crippen LogP contribution < -0.4 is 19.3 Å². The molecule has 1 aliphatic heterocycles. The summed E-state index contributed by atoms with van der Waals surface area (Å²) in [5.74, 6) is -42.7. The van der Waals surface area contributed by atoms with E-state index in [1.165, 1.54) is 23.4 Å². The van der Waals surface area contributed by atoms with Crippen LogP contribution >= 0.6 is 0 Å². The standard InChI is InChI=1S/C21H15F18N7O2/c22-14(23,16(26,27)18(30,31)20(34,35)36)8-47-12-42-11(46-6-4-45(5-7-46)10-40-2-1-3-41-10)43-13(44-12)48-9-15(24,25)17(28,29)19(32,33)21(37,38)39/h1-3H,4-9H2. The van der Waals surface area contributed by atoms with Crippen molar-refractivity contribution in [2.45, 2.75) is 47.9 Å². The van der Waals surface area contributed by atoms with Gasteiger partial charge in [-0.15, -0.1) is 4.98 Å². The number of alkyl halides is 18. The molecule has 272 valence electrons. The van der Waals surface area contributed by atoms with Crippen LogP contribution in [-0.2, 0) is 0 Å². The Morgan fingerprint density at radius 1 is 0.479 bits per heavy atom. The summed E-state index contributed by atoms with van der Waals surface area (Å²) in [4.78, 5) is 19.7. The van der Waals surface area contributed by atoms with Crippen molar-refractivity contribution < 1.29 is 88.5 Å². The summed E-state index contributed by atoms with van der Waals surface area (Å²) in [6, 6.07) is -2.16. The second kappa shape index (κ2) is 12.5. The van der Waals surface area contributed by atoms with Crippen LogP contribution in [0.1, 0.15) is 0 Å². The van der Waals surface area contributed by atoms with E-state index >= 15 is 0 Å². The molecular formula is C21H15F18N7O2. The second-order valence-corrected chi connectivity index (χ2v) is 9.50. The molecule has 1 fully saturated rings. The molecule has 3 heterocycles. The van der Waals surface area contributed by atoms with Gasteiger partial charge in [-0.25, -0.2) is 9.97 Å². The average molecular weight is 739 g/mol. The maximum absolute atomic E-state index is 14.0. The predicted octanol–water partition coefficient (Wildman–Crippen LogP) is 5.68. The van der Waals surface area contributed by atoms with E-state index in [2.05, 4.69) is 34.4 Å². The van der Waals surface area contributed by atoms with E-state index in [9.17, 15) is 79.0 Å². The molecule has 1 aliphatic rings. The first-order valence-electron chi connectivity index (χ1n) is 12.3. The molecule has 0 atom stereocenters. The third-order valence-electron chi connectivity index (χ3n) is 6.16. The van der Waals surface area contributed by atoms with Gasteiger partial charge < -0.3 is 19.3 Å². The third-order valence-corrected chi connectivity index (χ3v) is 6.16. The van der Waals surface area contributed by atoms with Crippen LogP contribution in [0.25, 0.3) is 0 Å². The summed E-state index contributed by atoms with van der Waals surface area (Å²) in [5, 5.41) is 0. The lowest BCUT2D eigenvalue weighted by Crippen LogP contribution is -2.62. The fraction of sp³-hybridized carbons (Fsp3) is 0.667. The van der Waals surface area contributed by atoms with Gasteiger partial charge in [0.05, 0.1) is 0 Å². The van der Waals surface area contributed by atoms with Crippen LogP contribution in [0.3, 0.4) is 0 Å². The first-order valence-corrected chi connectivity index (χ1v) is 12.3. The Labute approximate surface area is 253 Å². The number of anilines is 2. The van der Waals surface area contributed by atoms with Crippen molar-refractivity contribution in [3.63, 3.8) is 0 Å². The third kappa shape index (κ3) is 7.07. The molecule has 27 heteroatoms. The Bertz CT molecular complexity index is 1330. The van der Waals surface area contributed by atoms with Gasteiger partial charge in [-0.3, -0.25) is 0 Å². The van der Waals surface area contributed by atoms with Gasteiger partial charge in [0.2, 0.25) is 11.9 Å². The van der Waals surface area contributed by atoms with Gasteiger partial charge in [0.25, 0.3) is 0 Å². The molecule has 0 amide bonds. The monoisotopic (exact) mass is 739 g/mol. The van der Waals surface area contributed by atoms with Crippen LogP contribution in [0.5, 0.6) is 12.0 Å². The van der Waals surface area contributed by atoms with Crippen molar-refractivity contribution in [3.8, 4) is 12.0 Å². The SMILES string of the molecule is FC(F)(F)C(F)(F)C(F)(F)C(F)(F)COc1nc(OCC(F)(F)C(F)(F)C(F)(F)C(F)(F)F)nc(N2CCN(c3ncccn3)CC2)n1. The van der Waals surface area contributed by atoms with E-state index in [4.69, 9.17) is 0 Å². The summed E-state index contributed by atoms with van der Waals surface area (Å²) in [6.45, 7) is -6.84. The van der Waals surface area contributed by atoms with Gasteiger partial charge in [-0.05, 0) is 6.07 Å². The predicted molar refractivity (Wildman–Crippen MR) is 119 cm³/mol. The van der Waals surface area contributed by atoms with E-state index in [1.807, 2.05) is 0 Å². The number of hydrogen-bond acceptors (Lipinski definition) is 9. The zero-order valence-corrected chi connectivity index (χ0v) is 22.7. The minimum absolute atomic E-state index is 0.0598. The quantitative estimate of drug-likeness (QED) is 0.255. The highest BCUT2D eigenvalue weighted by molar-refractivity contribution is 5.38. The fourth-order valence-corrected chi connectivity index (χ4v) is 3.47. The van der Waals surface area contributed by atoms with Crippen LogP contribution in [0, 0.1) is 0 Å². The van der Waals surface area contributed by atoms with E-state index < -0.39 is 79.1 Å². The summed E-state index contributed by atoms with van der Waals surface area (Å²) in [6.07, 6.45) is -11.8. The zero-order valence-electron chi connectivity index (χ0n) is 22.7. The van der Waals surface area contributed by atoms with Crippen LogP contribution in [-0.4, -0.2) is 112 Å². The van der Waals surface area contributed by atoms with Gasteiger partial charge in [0, 0.05) is 38.6 Å². The topological polar surface area (TPSA) is 89.4 Å². The number of piperazine rings is 1. The maximum atomic E-state index is 14.0. The maximum Gasteiger partial charge on any atom is 0.460 e. The Morgan fingerprint density at radius 3 is 1.15 bits per heavy atom. The zero-order chi connectivity index (χ0) is 36.8. The Hall–Kier alpha value is -3.97. The lowest BCUT2D eigenvalue weighted by molar-refractivity contribution is -0.398. The first-order chi connectivity index (χ1) is 21.6. The number of aromatic nitrogens is 5. The molecule has 0 saturated carbocycles. The molecule has 0 spiro atoms. The highest BCUT2D eigenvalue weighted by atomic mass is 19.4. The van der Waals surface area contributed by atoms with Crippen molar-refractivity contribution in [1.82, 2.24) is 24.9 Å². The van der Waals surface area contributed by atoms with E-state index in [0.717, 1.165) is 4.90 Å². The second-order valence-electron chi connectivity index (χ2n) is 9.50. The number of nitrogens with zero attached hydrogens (tertiary/aromatic N) is 7. The van der Waals surface area contributed by atoms with Gasteiger partial charge >= 0.3 is 59.9 Å². The molecule has 0 bridgehead atoms. The van der Waals surface area contributed by atoms with Gasteiger partial charge in [-0.1, -0.05) is 0 Å². The normalized spacial score (nSPS) is 16.3. The molecule has 3 rings (SSSR count). The molecule has 0 aromatic carbocycles. The van der Waals surface area contributed by atoms with Crippen LogP contribution in [0.2, 0.25) is 0 Å². The van der Waals surface area contributed by atoms with E-state index in [0.29, 0.717) is 0 Å². The number of ether oxygens (including phenoxy) is 2. The number of hydrogen-bond donors (Lipinski definition) is 0. The van der Waals surface area contributed by atoms with Crippen molar-refractivity contribution in [3.05, 3.63) is 18.5 Å². The molecule has 0 unspecified atom stereocenters. The molecule has 1 saturated heterocycles. The average Bonchev–Trinajstić information content (AvgIpc) is 2.98. The van der Waals surface area contributed by atoms with Crippen molar-refractivity contribution in [2.24, 2.45) is 0 Å². The summed E-state index contributed by atoms with van der Waals surface area (Å²) in [5.41, 5.74) is 0. The molecule has 9 nitrogen and oxygen atoms in total. The summed E-state index contributed by atoms with van der Waals surface area (Å²) in [7, 11) is 0. The molecular weight excluding hydrogens is 724 g/mol. The molecule has 0 radical (unpaired) electrons. The Balaban J connectivity index is 1.92. The van der Waals surface area contributed by atoms with Crippen LogP contribution in [0.4, 0.5) is 90.9 Å². The number of rotatable bonds is 12. The minimum atomic E-state index is -7.36. The molecule has 48 heavy (non-hydrogen) atoms. The van der Waals surface area contributed by atoms with Crippen molar-refractivity contribution >= 4 is 11.9 Å². The van der Waals surface area contributed by atoms with Crippen molar-refractivity contribution in [2.75, 3.05) is 49.2 Å². The minimum Gasteiger partial charge on any atom is -0.457 e. The molecule has 0 N–H and O–H groups in total. The van der Waals surface area contributed by atoms with Crippen LogP contribution in [0.15, 0.2) is 18.5 Å². The van der Waals surface area contributed by atoms with Crippen molar-refractivity contribution in [1.29, 1.82) is 0 Å². The highest BCUT2D eigenvalue weighted by Crippen LogP contribution is 2.54.